The molecule has 0 amide bonds. The number of methoxy groups -OCH3 is 1. The number of rotatable bonds is 2. The number of hydrogen-bond acceptors (Lipinski definition) is 4. The van der Waals surface area contributed by atoms with Gasteiger partial charge in [-0.2, -0.15) is 13.1 Å². The maximum atomic E-state index is 11.0. The molecule has 0 unspecified atom stereocenters. The summed E-state index contributed by atoms with van der Waals surface area (Å²) in [6.45, 7) is 0.121. The molecule has 1 aromatic rings. The zero-order valence-corrected chi connectivity index (χ0v) is 8.95. The van der Waals surface area contributed by atoms with Crippen molar-refractivity contribution in [1.82, 2.24) is 4.72 Å². The van der Waals surface area contributed by atoms with Gasteiger partial charge in [0.15, 0.2) is 0 Å². The van der Waals surface area contributed by atoms with Crippen molar-refractivity contribution in [1.29, 1.82) is 0 Å². The minimum atomic E-state index is -3.55. The second-order valence-corrected chi connectivity index (χ2v) is 4.57. The third-order valence-electron chi connectivity index (χ3n) is 2.17. The minimum Gasteiger partial charge on any atom is -0.497 e. The van der Waals surface area contributed by atoms with Crippen molar-refractivity contribution in [3.8, 4) is 5.75 Å². The number of hydrogen-bond donors (Lipinski definition) is 1. The standard InChI is InChI=1S/C9H11NO4S/c1-13-8-4-2-3-7(5-8)9-6-14-15(11,12)10-9/h2-5,9-10H,6H2,1H3/t9-/m0/s1. The molecule has 0 aromatic heterocycles. The van der Waals surface area contributed by atoms with E-state index in [0.717, 1.165) is 5.56 Å². The Labute approximate surface area is 88.3 Å². The van der Waals surface area contributed by atoms with Gasteiger partial charge in [-0.15, -0.1) is 0 Å². The van der Waals surface area contributed by atoms with Crippen LogP contribution in [0.1, 0.15) is 11.6 Å². The van der Waals surface area contributed by atoms with Crippen molar-refractivity contribution >= 4 is 10.3 Å². The van der Waals surface area contributed by atoms with Gasteiger partial charge in [0.25, 0.3) is 0 Å². The van der Waals surface area contributed by atoms with Gasteiger partial charge in [0, 0.05) is 0 Å². The fourth-order valence-electron chi connectivity index (χ4n) is 1.42. The van der Waals surface area contributed by atoms with E-state index in [1.165, 1.54) is 0 Å². The first-order chi connectivity index (χ1) is 7.11. The molecule has 1 aliphatic rings. The lowest BCUT2D eigenvalue weighted by atomic mass is 10.1. The summed E-state index contributed by atoms with van der Waals surface area (Å²) in [4.78, 5) is 0. The van der Waals surface area contributed by atoms with Crippen LogP contribution < -0.4 is 9.46 Å². The van der Waals surface area contributed by atoms with Crippen LogP contribution in [0.2, 0.25) is 0 Å². The van der Waals surface area contributed by atoms with Gasteiger partial charge >= 0.3 is 10.3 Å². The average molecular weight is 229 g/mol. The summed E-state index contributed by atoms with van der Waals surface area (Å²) < 4.78 is 34.1. The van der Waals surface area contributed by atoms with E-state index in [2.05, 4.69) is 8.91 Å². The molecule has 2 rings (SSSR count). The number of ether oxygens (including phenoxy) is 1. The molecular weight excluding hydrogens is 218 g/mol. The van der Waals surface area contributed by atoms with E-state index in [1.54, 1.807) is 25.3 Å². The Kier molecular flexibility index (Phi) is 2.64. The van der Waals surface area contributed by atoms with Crippen molar-refractivity contribution in [2.75, 3.05) is 13.7 Å². The predicted molar refractivity (Wildman–Crippen MR) is 53.7 cm³/mol. The summed E-state index contributed by atoms with van der Waals surface area (Å²) in [5, 5.41) is 0. The normalized spacial score (nSPS) is 23.9. The minimum absolute atomic E-state index is 0.121. The molecule has 15 heavy (non-hydrogen) atoms. The average Bonchev–Trinajstić information content (AvgIpc) is 2.59. The van der Waals surface area contributed by atoms with Crippen molar-refractivity contribution < 1.29 is 17.3 Å². The topological polar surface area (TPSA) is 64.6 Å². The Balaban J connectivity index is 2.24. The van der Waals surface area contributed by atoms with Crippen LogP contribution in [0, 0.1) is 0 Å². The molecule has 1 aliphatic heterocycles. The molecule has 0 bridgehead atoms. The van der Waals surface area contributed by atoms with Gasteiger partial charge in [-0.25, -0.2) is 0 Å². The Morgan fingerprint density at radius 2 is 2.33 bits per heavy atom. The van der Waals surface area contributed by atoms with Gasteiger partial charge in [-0.05, 0) is 17.7 Å². The molecule has 1 aromatic carbocycles. The lowest BCUT2D eigenvalue weighted by Gasteiger charge is -2.08. The summed E-state index contributed by atoms with van der Waals surface area (Å²) in [7, 11) is -1.99. The molecule has 1 N–H and O–H groups in total. The van der Waals surface area contributed by atoms with E-state index in [0.29, 0.717) is 5.75 Å². The SMILES string of the molecule is COc1cccc([C@@H]2COS(=O)(=O)N2)c1. The molecule has 5 nitrogen and oxygen atoms in total. The van der Waals surface area contributed by atoms with Gasteiger partial charge < -0.3 is 4.74 Å². The van der Waals surface area contributed by atoms with E-state index < -0.39 is 10.3 Å². The molecule has 6 heteroatoms. The number of benzene rings is 1. The van der Waals surface area contributed by atoms with Gasteiger partial charge in [0.1, 0.15) is 5.75 Å². The summed E-state index contributed by atoms with van der Waals surface area (Å²) in [6.07, 6.45) is 0. The summed E-state index contributed by atoms with van der Waals surface area (Å²) >= 11 is 0. The van der Waals surface area contributed by atoms with Crippen molar-refractivity contribution in [3.63, 3.8) is 0 Å². The van der Waals surface area contributed by atoms with Gasteiger partial charge in [-0.3, -0.25) is 4.18 Å². The van der Waals surface area contributed by atoms with E-state index in [9.17, 15) is 8.42 Å². The van der Waals surface area contributed by atoms with Crippen molar-refractivity contribution in [2.24, 2.45) is 0 Å². The smallest absolute Gasteiger partial charge is 0.336 e. The third-order valence-corrected chi connectivity index (χ3v) is 3.19. The van der Waals surface area contributed by atoms with E-state index in [1.807, 2.05) is 6.07 Å². The highest BCUT2D eigenvalue weighted by Gasteiger charge is 2.28. The van der Waals surface area contributed by atoms with Crippen LogP contribution >= 0.6 is 0 Å². The highest BCUT2D eigenvalue weighted by Crippen LogP contribution is 2.23. The van der Waals surface area contributed by atoms with Crippen molar-refractivity contribution in [3.05, 3.63) is 29.8 Å². The summed E-state index contributed by atoms with van der Waals surface area (Å²) in [5.74, 6) is 0.693. The first-order valence-corrected chi connectivity index (χ1v) is 5.82. The number of nitrogens with one attached hydrogen (secondary N) is 1. The predicted octanol–water partition coefficient (Wildman–Crippen LogP) is 0.601. The molecule has 1 fully saturated rings. The summed E-state index contributed by atoms with van der Waals surface area (Å²) in [5.41, 5.74) is 0.829. The van der Waals surface area contributed by atoms with Crippen molar-refractivity contribution in [2.45, 2.75) is 6.04 Å². The molecule has 0 radical (unpaired) electrons. The lowest BCUT2D eigenvalue weighted by molar-refractivity contribution is 0.338. The third kappa shape index (κ3) is 2.28. The Morgan fingerprint density at radius 1 is 1.53 bits per heavy atom. The highest BCUT2D eigenvalue weighted by molar-refractivity contribution is 7.84. The lowest BCUT2D eigenvalue weighted by Crippen LogP contribution is -2.19. The van der Waals surface area contributed by atoms with Crippen LogP contribution in [0.5, 0.6) is 5.75 Å². The molecule has 1 saturated heterocycles. The maximum absolute atomic E-state index is 11.0. The van der Waals surface area contributed by atoms with Gasteiger partial charge in [-0.1, -0.05) is 12.1 Å². The fraction of sp³-hybridized carbons (Fsp3) is 0.333. The van der Waals surface area contributed by atoms with Crippen LogP contribution in [0.15, 0.2) is 24.3 Å². The van der Waals surface area contributed by atoms with Crippen LogP contribution in [-0.2, 0) is 14.5 Å². The van der Waals surface area contributed by atoms with Crippen LogP contribution in [-0.4, -0.2) is 22.1 Å². The first-order valence-electron chi connectivity index (χ1n) is 4.41. The van der Waals surface area contributed by atoms with Crippen LogP contribution in [0.25, 0.3) is 0 Å². The zero-order chi connectivity index (χ0) is 10.9. The quantitative estimate of drug-likeness (QED) is 0.806. The molecular formula is C9H11NO4S. The first kappa shape index (κ1) is 10.4. The van der Waals surface area contributed by atoms with Crippen LogP contribution in [0.3, 0.4) is 0 Å². The second kappa shape index (κ2) is 3.80. The molecule has 0 spiro atoms. The monoisotopic (exact) mass is 229 g/mol. The van der Waals surface area contributed by atoms with Crippen LogP contribution in [0.4, 0.5) is 0 Å². The zero-order valence-electron chi connectivity index (χ0n) is 8.14. The molecule has 1 atom stereocenters. The van der Waals surface area contributed by atoms with Gasteiger partial charge in [0.05, 0.1) is 19.8 Å². The molecule has 0 saturated carbocycles. The highest BCUT2D eigenvalue weighted by atomic mass is 32.2. The fourth-order valence-corrected chi connectivity index (χ4v) is 2.36. The summed E-state index contributed by atoms with van der Waals surface area (Å²) in [6, 6.07) is 6.88. The second-order valence-electron chi connectivity index (χ2n) is 3.19. The Bertz CT molecular complexity index is 457. The molecule has 1 heterocycles. The largest absolute Gasteiger partial charge is 0.497 e. The van der Waals surface area contributed by atoms with E-state index >= 15 is 0 Å². The molecule has 82 valence electrons. The maximum Gasteiger partial charge on any atom is 0.336 e. The van der Waals surface area contributed by atoms with E-state index in [4.69, 9.17) is 4.74 Å². The van der Waals surface area contributed by atoms with Gasteiger partial charge in [0.2, 0.25) is 0 Å². The Morgan fingerprint density at radius 3 is 2.93 bits per heavy atom. The van der Waals surface area contributed by atoms with E-state index in [-0.39, 0.29) is 12.6 Å². The Hall–Kier alpha value is -1.11. The molecule has 0 aliphatic carbocycles.